The third-order valence-corrected chi connectivity index (χ3v) is 5.34. The quantitative estimate of drug-likeness (QED) is 0.743. The molecule has 1 heterocycles. The summed E-state index contributed by atoms with van der Waals surface area (Å²) in [5, 5.41) is 2.75. The van der Waals surface area contributed by atoms with E-state index in [1.165, 1.54) is 24.3 Å². The zero-order valence-electron chi connectivity index (χ0n) is 15.9. The first kappa shape index (κ1) is 18.9. The van der Waals surface area contributed by atoms with E-state index in [0.717, 1.165) is 37.8 Å². The maximum absolute atomic E-state index is 13.0. The lowest BCUT2D eigenvalue weighted by atomic mass is 9.87. The average Bonchev–Trinajstić information content (AvgIpc) is 2.70. The van der Waals surface area contributed by atoms with E-state index < -0.39 is 5.66 Å². The zero-order chi connectivity index (χ0) is 20.4. The molecule has 8 heteroatoms. The predicted octanol–water partition coefficient (Wildman–Crippen LogP) is 3.19. The molecule has 0 unspecified atom stereocenters. The molecule has 1 saturated carbocycles. The van der Waals surface area contributed by atoms with E-state index in [4.69, 9.17) is 11.5 Å². The van der Waals surface area contributed by atoms with Crippen LogP contribution < -0.4 is 21.7 Å². The van der Waals surface area contributed by atoms with Gasteiger partial charge in [0.25, 0.3) is 5.91 Å². The second-order valence-corrected chi connectivity index (χ2v) is 7.33. The number of anilines is 2. The van der Waals surface area contributed by atoms with Gasteiger partial charge in [0.1, 0.15) is 11.5 Å². The van der Waals surface area contributed by atoms with Crippen LogP contribution in [0.4, 0.5) is 15.8 Å². The number of carbonyl (C=O) groups is 1. The maximum atomic E-state index is 13.0. The Morgan fingerprint density at radius 2 is 1.66 bits per heavy atom. The van der Waals surface area contributed by atoms with Crippen molar-refractivity contribution < 1.29 is 9.18 Å². The van der Waals surface area contributed by atoms with Crippen LogP contribution in [0.15, 0.2) is 58.5 Å². The number of guanidine groups is 2. The molecule has 7 nitrogen and oxygen atoms in total. The maximum Gasteiger partial charge on any atom is 0.255 e. The van der Waals surface area contributed by atoms with Crippen molar-refractivity contribution in [3.8, 4) is 0 Å². The number of amides is 1. The van der Waals surface area contributed by atoms with Gasteiger partial charge in [0.05, 0.1) is 0 Å². The largest absolute Gasteiger partial charge is 0.369 e. The standard InChI is InChI=1S/C21H23FN6O/c22-15-6-8-16(9-7-15)25-18(29)14-4-10-17(11-5-14)28-20(24)26-19(23)27-21(28)12-2-1-3-13-21/h4-11H,1-3,12-13H2,(H,25,29)(H4,23,24,26,27). The highest BCUT2D eigenvalue weighted by Gasteiger charge is 2.42. The van der Waals surface area contributed by atoms with Crippen LogP contribution in [0.3, 0.4) is 0 Å². The number of nitrogens with zero attached hydrogens (tertiary/aromatic N) is 3. The Labute approximate surface area is 168 Å². The Morgan fingerprint density at radius 1 is 1.00 bits per heavy atom. The van der Waals surface area contributed by atoms with E-state index in [1.807, 2.05) is 17.0 Å². The highest BCUT2D eigenvalue weighted by atomic mass is 19.1. The van der Waals surface area contributed by atoms with E-state index in [0.29, 0.717) is 17.2 Å². The van der Waals surface area contributed by atoms with Crippen molar-refractivity contribution in [1.82, 2.24) is 0 Å². The van der Waals surface area contributed by atoms with Crippen molar-refractivity contribution in [2.45, 2.75) is 37.8 Å². The minimum atomic E-state index is -0.522. The van der Waals surface area contributed by atoms with Gasteiger partial charge in [-0.3, -0.25) is 9.69 Å². The van der Waals surface area contributed by atoms with Crippen LogP contribution in [0, 0.1) is 5.82 Å². The van der Waals surface area contributed by atoms with E-state index in [1.54, 1.807) is 12.1 Å². The number of rotatable bonds is 3. The number of halogens is 1. The second-order valence-electron chi connectivity index (χ2n) is 7.33. The molecule has 1 aliphatic carbocycles. The zero-order valence-corrected chi connectivity index (χ0v) is 15.9. The fourth-order valence-electron chi connectivity index (χ4n) is 3.99. The number of aliphatic imine (C=N–C) groups is 2. The summed E-state index contributed by atoms with van der Waals surface area (Å²) in [5.41, 5.74) is 13.4. The van der Waals surface area contributed by atoms with E-state index in [9.17, 15) is 9.18 Å². The van der Waals surface area contributed by atoms with Crippen molar-refractivity contribution in [1.29, 1.82) is 0 Å². The van der Waals surface area contributed by atoms with Crippen LogP contribution in [0.25, 0.3) is 0 Å². The molecule has 0 bridgehead atoms. The van der Waals surface area contributed by atoms with Crippen LogP contribution >= 0.6 is 0 Å². The molecule has 2 aromatic rings. The molecule has 1 aliphatic heterocycles. The highest BCUT2D eigenvalue weighted by molar-refractivity contribution is 6.07. The predicted molar refractivity (Wildman–Crippen MR) is 112 cm³/mol. The Hall–Kier alpha value is -3.42. The summed E-state index contributed by atoms with van der Waals surface area (Å²) in [6.45, 7) is 0. The molecule has 5 N–H and O–H groups in total. The minimum Gasteiger partial charge on any atom is -0.369 e. The van der Waals surface area contributed by atoms with Gasteiger partial charge in [0.15, 0.2) is 0 Å². The van der Waals surface area contributed by atoms with Gasteiger partial charge in [-0.15, -0.1) is 0 Å². The molecule has 2 aliphatic rings. The second kappa shape index (κ2) is 7.54. The van der Waals surface area contributed by atoms with Crippen LogP contribution in [0.5, 0.6) is 0 Å². The van der Waals surface area contributed by atoms with Crippen LogP contribution in [-0.2, 0) is 0 Å². The molecule has 0 atom stereocenters. The van der Waals surface area contributed by atoms with Crippen molar-refractivity contribution in [3.63, 3.8) is 0 Å². The molecule has 4 rings (SSSR count). The van der Waals surface area contributed by atoms with Crippen molar-refractivity contribution >= 4 is 29.2 Å². The summed E-state index contributed by atoms with van der Waals surface area (Å²) in [6, 6.07) is 12.7. The molecule has 150 valence electrons. The number of benzene rings is 2. The normalized spacial score (nSPS) is 18.2. The average molecular weight is 394 g/mol. The molecule has 29 heavy (non-hydrogen) atoms. The first-order valence-corrected chi connectivity index (χ1v) is 9.64. The molecule has 0 radical (unpaired) electrons. The van der Waals surface area contributed by atoms with E-state index in [2.05, 4.69) is 15.3 Å². The molecule has 2 aromatic carbocycles. The first-order valence-electron chi connectivity index (χ1n) is 9.64. The first-order chi connectivity index (χ1) is 14.0. The highest BCUT2D eigenvalue weighted by Crippen LogP contribution is 2.39. The number of hydrogen-bond donors (Lipinski definition) is 3. The lowest BCUT2D eigenvalue weighted by molar-refractivity contribution is 0.102. The summed E-state index contributed by atoms with van der Waals surface area (Å²) >= 11 is 0. The lowest BCUT2D eigenvalue weighted by Gasteiger charge is -2.45. The SMILES string of the molecule is NC1=NC2(CCCCC2)N(c2ccc(C(=O)Nc3ccc(F)cc3)cc2)C(N)=N1. The fourth-order valence-corrected chi connectivity index (χ4v) is 3.99. The van der Waals surface area contributed by atoms with Gasteiger partial charge in [0, 0.05) is 16.9 Å². The lowest BCUT2D eigenvalue weighted by Crippen LogP contribution is -2.58. The monoisotopic (exact) mass is 394 g/mol. The Balaban J connectivity index is 1.57. The summed E-state index contributed by atoms with van der Waals surface area (Å²) in [6.07, 6.45) is 4.93. The van der Waals surface area contributed by atoms with Crippen LogP contribution in [-0.4, -0.2) is 23.5 Å². The van der Waals surface area contributed by atoms with E-state index >= 15 is 0 Å². The van der Waals surface area contributed by atoms with E-state index in [-0.39, 0.29) is 17.7 Å². The van der Waals surface area contributed by atoms with Gasteiger partial charge in [-0.05, 0) is 74.2 Å². The molecule has 1 fully saturated rings. The van der Waals surface area contributed by atoms with Gasteiger partial charge in [-0.2, -0.15) is 4.99 Å². The molecular weight excluding hydrogens is 371 g/mol. The van der Waals surface area contributed by atoms with Gasteiger partial charge in [0.2, 0.25) is 11.9 Å². The van der Waals surface area contributed by atoms with Gasteiger partial charge in [-0.1, -0.05) is 6.42 Å². The number of hydrogen-bond acceptors (Lipinski definition) is 6. The Morgan fingerprint density at radius 3 is 2.31 bits per heavy atom. The van der Waals surface area contributed by atoms with Gasteiger partial charge in [-0.25, -0.2) is 9.38 Å². The molecule has 0 aromatic heterocycles. The number of nitrogens with one attached hydrogen (secondary N) is 1. The summed E-state index contributed by atoms with van der Waals surface area (Å²) < 4.78 is 13.0. The van der Waals surface area contributed by atoms with Gasteiger partial charge < -0.3 is 16.8 Å². The molecule has 1 amide bonds. The van der Waals surface area contributed by atoms with Crippen molar-refractivity contribution in [2.24, 2.45) is 21.5 Å². The van der Waals surface area contributed by atoms with Crippen LogP contribution in [0.2, 0.25) is 0 Å². The summed E-state index contributed by atoms with van der Waals surface area (Å²) in [5.74, 6) is -0.120. The third-order valence-electron chi connectivity index (χ3n) is 5.34. The Kier molecular flexibility index (Phi) is 4.92. The molecular formula is C21H23FN6O. The minimum absolute atomic E-state index is 0.205. The Bertz CT molecular complexity index is 962. The van der Waals surface area contributed by atoms with Gasteiger partial charge >= 0.3 is 0 Å². The number of nitrogens with two attached hydrogens (primary N) is 2. The topological polar surface area (TPSA) is 109 Å². The van der Waals surface area contributed by atoms with Crippen molar-refractivity contribution in [3.05, 3.63) is 59.9 Å². The smallest absolute Gasteiger partial charge is 0.255 e. The summed E-state index contributed by atoms with van der Waals surface area (Å²) in [4.78, 5) is 23.2. The number of carbonyl (C=O) groups excluding carboxylic acids is 1. The molecule has 0 saturated heterocycles. The van der Waals surface area contributed by atoms with Crippen molar-refractivity contribution in [2.75, 3.05) is 10.2 Å². The molecule has 1 spiro atoms. The summed E-state index contributed by atoms with van der Waals surface area (Å²) in [7, 11) is 0. The fraction of sp³-hybridized carbons (Fsp3) is 0.286. The van der Waals surface area contributed by atoms with Crippen LogP contribution in [0.1, 0.15) is 42.5 Å². The third kappa shape index (κ3) is 3.78.